The van der Waals surface area contributed by atoms with E-state index in [0.29, 0.717) is 12.8 Å². The van der Waals surface area contributed by atoms with Gasteiger partial charge in [0.1, 0.15) is 12.1 Å². The number of fused-ring (bicyclic) bond motifs is 3. The number of carboxylic acid groups (broad SMARTS) is 1. The summed E-state index contributed by atoms with van der Waals surface area (Å²) in [5.74, 6) is -0.834. The van der Waals surface area contributed by atoms with Crippen LogP contribution in [0.3, 0.4) is 0 Å². The van der Waals surface area contributed by atoms with Crippen LogP contribution < -0.4 is 5.32 Å². The highest BCUT2D eigenvalue weighted by atomic mass is 16.5. The molecule has 0 radical (unpaired) electrons. The van der Waals surface area contributed by atoms with Gasteiger partial charge in [-0.3, -0.25) is 0 Å². The largest absolute Gasteiger partial charge is 0.480 e. The lowest BCUT2D eigenvalue weighted by Crippen LogP contribution is -2.62. The molecule has 5 nitrogen and oxygen atoms in total. The number of hydrogen-bond donors (Lipinski definition) is 2. The molecule has 0 saturated heterocycles. The molecule has 0 unspecified atom stereocenters. The summed E-state index contributed by atoms with van der Waals surface area (Å²) in [6, 6.07) is 26.3. The van der Waals surface area contributed by atoms with Crippen molar-refractivity contribution in [1.82, 2.24) is 5.32 Å². The Hall–Kier alpha value is -3.60. The van der Waals surface area contributed by atoms with Gasteiger partial charge in [-0.05, 0) is 53.0 Å². The number of ether oxygens (including phenoxy) is 1. The van der Waals surface area contributed by atoms with E-state index in [1.165, 1.54) is 5.56 Å². The van der Waals surface area contributed by atoms with E-state index in [1.807, 2.05) is 54.6 Å². The molecule has 2 N–H and O–H groups in total. The van der Waals surface area contributed by atoms with Crippen LogP contribution in [0.25, 0.3) is 11.1 Å². The van der Waals surface area contributed by atoms with Crippen molar-refractivity contribution in [3.05, 3.63) is 95.6 Å². The van der Waals surface area contributed by atoms with E-state index >= 15 is 0 Å². The van der Waals surface area contributed by atoms with Crippen LogP contribution in [0, 0.1) is 5.92 Å². The maximum absolute atomic E-state index is 12.6. The van der Waals surface area contributed by atoms with E-state index in [1.54, 1.807) is 0 Å². The lowest BCUT2D eigenvalue weighted by atomic mass is 9.66. The minimum Gasteiger partial charge on any atom is -0.480 e. The average molecular weight is 428 g/mol. The minimum absolute atomic E-state index is 0.0545. The normalized spacial score (nSPS) is 21.2. The van der Waals surface area contributed by atoms with Gasteiger partial charge in [-0.25, -0.2) is 9.59 Å². The number of nitrogens with one attached hydrogen (secondary N) is 1. The predicted molar refractivity (Wildman–Crippen MR) is 121 cm³/mol. The minimum atomic E-state index is -1.25. The van der Waals surface area contributed by atoms with Gasteiger partial charge >= 0.3 is 12.1 Å². The highest BCUT2D eigenvalue weighted by molar-refractivity contribution is 5.85. The molecular formula is C27H25NO4. The van der Waals surface area contributed by atoms with E-state index in [2.05, 4.69) is 29.6 Å². The van der Waals surface area contributed by atoms with Crippen LogP contribution in [-0.2, 0) is 16.0 Å². The Labute approximate surface area is 187 Å². The lowest BCUT2D eigenvalue weighted by molar-refractivity contribution is -0.151. The summed E-state index contributed by atoms with van der Waals surface area (Å²) >= 11 is 0. The average Bonchev–Trinajstić information content (AvgIpc) is 3.10. The standard InChI is InChI=1S/C27H25NO4/c29-25(30)27(15-19(16-27)14-18-8-2-1-3-9-18)28-26(31)32-17-24-22-12-6-4-10-20(22)21-11-5-7-13-23(21)24/h1-13,19,24H,14-17H2,(H,28,31)(H,29,30). The fourth-order valence-electron chi connectivity index (χ4n) is 5.18. The molecule has 1 saturated carbocycles. The van der Waals surface area contributed by atoms with Crippen molar-refractivity contribution < 1.29 is 19.4 Å². The van der Waals surface area contributed by atoms with Crippen molar-refractivity contribution >= 4 is 12.1 Å². The molecule has 0 bridgehead atoms. The monoisotopic (exact) mass is 427 g/mol. The second kappa shape index (κ2) is 8.15. The number of carbonyl (C=O) groups is 2. The van der Waals surface area contributed by atoms with Gasteiger partial charge in [0.15, 0.2) is 0 Å². The second-order valence-corrected chi connectivity index (χ2v) is 8.80. The number of hydrogen-bond acceptors (Lipinski definition) is 3. The van der Waals surface area contributed by atoms with Crippen molar-refractivity contribution in [1.29, 1.82) is 0 Å². The Bertz CT molecular complexity index is 1110. The smallest absolute Gasteiger partial charge is 0.408 e. The molecule has 32 heavy (non-hydrogen) atoms. The molecule has 1 fully saturated rings. The van der Waals surface area contributed by atoms with Crippen molar-refractivity contribution in [2.24, 2.45) is 5.92 Å². The Morgan fingerprint density at radius 2 is 1.44 bits per heavy atom. The molecule has 2 aliphatic rings. The summed E-state index contributed by atoms with van der Waals surface area (Å²) < 4.78 is 5.56. The van der Waals surface area contributed by atoms with Gasteiger partial charge < -0.3 is 15.2 Å². The lowest BCUT2D eigenvalue weighted by Gasteiger charge is -2.44. The van der Waals surface area contributed by atoms with Gasteiger partial charge in [-0.1, -0.05) is 78.9 Å². The zero-order chi connectivity index (χ0) is 22.1. The third kappa shape index (κ3) is 3.64. The molecule has 0 aliphatic heterocycles. The van der Waals surface area contributed by atoms with Crippen molar-refractivity contribution in [2.75, 3.05) is 6.61 Å². The molecule has 0 heterocycles. The first-order chi connectivity index (χ1) is 15.6. The number of aliphatic carboxylic acids is 1. The maximum Gasteiger partial charge on any atom is 0.408 e. The summed E-state index contributed by atoms with van der Waals surface area (Å²) in [6.45, 7) is 0.170. The SMILES string of the molecule is O=C(NC1(C(=O)O)CC(Cc2ccccc2)C1)OCC1c2ccccc2-c2ccccc21. The molecule has 3 aromatic rings. The summed E-state index contributed by atoms with van der Waals surface area (Å²) in [6.07, 6.45) is 0.942. The first-order valence-electron chi connectivity index (χ1n) is 11.0. The predicted octanol–water partition coefficient (Wildman–Crippen LogP) is 5.00. The zero-order valence-corrected chi connectivity index (χ0v) is 17.7. The number of carboxylic acids is 1. The first-order valence-corrected chi connectivity index (χ1v) is 11.0. The third-order valence-corrected chi connectivity index (χ3v) is 6.74. The fraction of sp³-hybridized carbons (Fsp3) is 0.259. The zero-order valence-electron chi connectivity index (χ0n) is 17.7. The van der Waals surface area contributed by atoms with Gasteiger partial charge in [0.25, 0.3) is 0 Å². The number of carbonyl (C=O) groups excluding carboxylic acids is 1. The number of alkyl carbamates (subject to hydrolysis) is 1. The molecule has 5 rings (SSSR count). The topological polar surface area (TPSA) is 75.6 Å². The van der Waals surface area contributed by atoms with E-state index < -0.39 is 17.6 Å². The number of benzene rings is 3. The molecule has 1 amide bonds. The summed E-state index contributed by atoms with van der Waals surface area (Å²) in [5.41, 5.74) is 4.49. The molecule has 2 aliphatic carbocycles. The Morgan fingerprint density at radius 3 is 2.03 bits per heavy atom. The van der Waals surface area contributed by atoms with Gasteiger partial charge in [0, 0.05) is 5.92 Å². The molecular weight excluding hydrogens is 402 g/mol. The van der Waals surface area contributed by atoms with Crippen LogP contribution >= 0.6 is 0 Å². The van der Waals surface area contributed by atoms with Crippen LogP contribution in [0.5, 0.6) is 0 Å². The van der Waals surface area contributed by atoms with Crippen LogP contribution in [0.15, 0.2) is 78.9 Å². The van der Waals surface area contributed by atoms with Crippen molar-refractivity contribution in [3.63, 3.8) is 0 Å². The first kappa shape index (κ1) is 20.3. The van der Waals surface area contributed by atoms with Crippen LogP contribution in [0.2, 0.25) is 0 Å². The van der Waals surface area contributed by atoms with Gasteiger partial charge in [-0.15, -0.1) is 0 Å². The van der Waals surface area contributed by atoms with Crippen molar-refractivity contribution in [2.45, 2.75) is 30.7 Å². The van der Waals surface area contributed by atoms with Crippen LogP contribution in [-0.4, -0.2) is 29.3 Å². The highest BCUT2D eigenvalue weighted by Gasteiger charge is 2.51. The highest BCUT2D eigenvalue weighted by Crippen LogP contribution is 2.45. The van der Waals surface area contributed by atoms with E-state index in [4.69, 9.17) is 4.74 Å². The van der Waals surface area contributed by atoms with E-state index in [0.717, 1.165) is 28.7 Å². The number of rotatable bonds is 6. The van der Waals surface area contributed by atoms with Crippen LogP contribution in [0.1, 0.15) is 35.4 Å². The van der Waals surface area contributed by atoms with Gasteiger partial charge in [0.05, 0.1) is 0 Å². The summed E-state index contributed by atoms with van der Waals surface area (Å²) in [5, 5.41) is 12.4. The summed E-state index contributed by atoms with van der Waals surface area (Å²) in [4.78, 5) is 24.6. The molecule has 0 aromatic heterocycles. The van der Waals surface area contributed by atoms with Gasteiger partial charge in [0.2, 0.25) is 0 Å². The Kier molecular flexibility index (Phi) is 5.17. The molecule has 3 aromatic carbocycles. The quantitative estimate of drug-likeness (QED) is 0.580. The Balaban J connectivity index is 1.23. The number of amides is 1. The molecule has 162 valence electrons. The fourth-order valence-corrected chi connectivity index (χ4v) is 5.18. The maximum atomic E-state index is 12.6. The summed E-state index contributed by atoms with van der Waals surface area (Å²) in [7, 11) is 0. The van der Waals surface area contributed by atoms with Gasteiger partial charge in [-0.2, -0.15) is 0 Å². The van der Waals surface area contributed by atoms with Crippen LogP contribution in [0.4, 0.5) is 4.79 Å². The molecule has 0 spiro atoms. The second-order valence-electron chi connectivity index (χ2n) is 8.80. The molecule has 5 heteroatoms. The molecule has 0 atom stereocenters. The van der Waals surface area contributed by atoms with E-state index in [-0.39, 0.29) is 18.4 Å². The third-order valence-electron chi connectivity index (χ3n) is 6.74. The Morgan fingerprint density at radius 1 is 0.875 bits per heavy atom. The van der Waals surface area contributed by atoms with E-state index in [9.17, 15) is 14.7 Å². The van der Waals surface area contributed by atoms with Crippen molar-refractivity contribution in [3.8, 4) is 11.1 Å².